The highest BCUT2D eigenvalue weighted by Crippen LogP contribution is 2.45. The number of hydrogen-bond acceptors (Lipinski definition) is 5. The molecule has 0 unspecified atom stereocenters. The molecule has 0 bridgehead atoms. The van der Waals surface area contributed by atoms with Crippen molar-refractivity contribution in [3.05, 3.63) is 63.9 Å². The lowest BCUT2D eigenvalue weighted by atomic mass is 10.0. The van der Waals surface area contributed by atoms with Gasteiger partial charge < -0.3 is 4.74 Å². The van der Waals surface area contributed by atoms with Crippen molar-refractivity contribution in [1.82, 2.24) is 13.9 Å². The smallest absolute Gasteiger partial charge is 0.304 e. The molecule has 5 rings (SSSR count). The lowest BCUT2D eigenvalue weighted by molar-refractivity contribution is 0.0832. The van der Waals surface area contributed by atoms with E-state index in [0.29, 0.717) is 30.4 Å². The van der Waals surface area contributed by atoms with Gasteiger partial charge in [-0.05, 0) is 73.9 Å². The molecule has 2 heterocycles. The number of carbonyl (C=O) groups excluding carboxylic acids is 1. The van der Waals surface area contributed by atoms with Gasteiger partial charge in [0.25, 0.3) is 5.91 Å². The number of piperidine rings is 1. The molecule has 188 valence electrons. The largest absolute Gasteiger partial charge is 0.489 e. The van der Waals surface area contributed by atoms with E-state index in [4.69, 9.17) is 16.3 Å². The molecular formula is C25H29ClFN3O4S. The summed E-state index contributed by atoms with van der Waals surface area (Å²) in [6.45, 7) is 3.13. The maximum Gasteiger partial charge on any atom is 0.304 e. The van der Waals surface area contributed by atoms with Crippen molar-refractivity contribution in [2.45, 2.75) is 50.7 Å². The molecule has 2 saturated heterocycles. The molecule has 1 aliphatic carbocycles. The van der Waals surface area contributed by atoms with Crippen LogP contribution in [0.3, 0.4) is 0 Å². The Morgan fingerprint density at radius 3 is 2.60 bits per heavy atom. The standard InChI is InChI=1S/C25H29ClFN3O4S/c26-19-5-1-4-17(12-19)15-29-9-2-6-20(16-29)34-24-14-23(27)22(13-21(24)18-7-8-18)25(31)28-35(32,33)30-10-3-11-30/h1,4-5,12-14,18,20H,2-3,6-11,15-16H2,(H,28,31)/t20-/m1/s1. The van der Waals surface area contributed by atoms with E-state index in [2.05, 4.69) is 4.90 Å². The van der Waals surface area contributed by atoms with E-state index in [-0.39, 0.29) is 17.6 Å². The van der Waals surface area contributed by atoms with E-state index in [9.17, 15) is 13.2 Å². The molecule has 3 fully saturated rings. The summed E-state index contributed by atoms with van der Waals surface area (Å²) in [4.78, 5) is 14.9. The average Bonchev–Trinajstić information content (AvgIpc) is 3.57. The molecule has 2 aromatic carbocycles. The number of halogens is 2. The third kappa shape index (κ3) is 5.80. The first-order valence-electron chi connectivity index (χ1n) is 12.1. The highest BCUT2D eigenvalue weighted by atomic mass is 35.5. The number of nitrogens with zero attached hydrogens (tertiary/aromatic N) is 2. The van der Waals surface area contributed by atoms with E-state index in [1.807, 2.05) is 29.0 Å². The number of ether oxygens (including phenoxy) is 1. The Bertz CT molecular complexity index is 1220. The van der Waals surface area contributed by atoms with Crippen LogP contribution in [-0.4, -0.2) is 55.8 Å². The fourth-order valence-corrected chi connectivity index (χ4v) is 6.08. The van der Waals surface area contributed by atoms with Crippen molar-refractivity contribution in [3.63, 3.8) is 0 Å². The van der Waals surface area contributed by atoms with Crippen molar-refractivity contribution in [2.24, 2.45) is 0 Å². The molecule has 1 amide bonds. The van der Waals surface area contributed by atoms with Crippen LogP contribution in [0, 0.1) is 5.82 Å². The van der Waals surface area contributed by atoms with Crippen LogP contribution in [0.5, 0.6) is 5.75 Å². The molecule has 10 heteroatoms. The lowest BCUT2D eigenvalue weighted by Gasteiger charge is -2.33. The molecular weight excluding hydrogens is 493 g/mol. The van der Waals surface area contributed by atoms with E-state index >= 15 is 4.39 Å². The molecule has 3 aliphatic rings. The zero-order valence-corrected chi connectivity index (χ0v) is 21.0. The zero-order valence-electron chi connectivity index (χ0n) is 19.4. The second-order valence-corrected chi connectivity index (χ2v) is 11.7. The Balaban J connectivity index is 1.30. The summed E-state index contributed by atoms with van der Waals surface area (Å²) in [6, 6.07) is 10.5. The van der Waals surface area contributed by atoms with Gasteiger partial charge >= 0.3 is 10.2 Å². The summed E-state index contributed by atoms with van der Waals surface area (Å²) in [7, 11) is -3.95. The highest BCUT2D eigenvalue weighted by molar-refractivity contribution is 7.87. The molecule has 35 heavy (non-hydrogen) atoms. The first kappa shape index (κ1) is 24.5. The molecule has 2 aliphatic heterocycles. The number of nitrogens with one attached hydrogen (secondary N) is 1. The van der Waals surface area contributed by atoms with Gasteiger partial charge in [-0.2, -0.15) is 12.7 Å². The van der Waals surface area contributed by atoms with Crippen LogP contribution in [-0.2, 0) is 16.8 Å². The van der Waals surface area contributed by atoms with Crippen molar-refractivity contribution < 1.29 is 22.3 Å². The number of benzene rings is 2. The van der Waals surface area contributed by atoms with Gasteiger partial charge in [-0.3, -0.25) is 9.69 Å². The van der Waals surface area contributed by atoms with Gasteiger partial charge in [-0.25, -0.2) is 9.11 Å². The molecule has 0 radical (unpaired) electrons. The Morgan fingerprint density at radius 1 is 1.11 bits per heavy atom. The first-order chi connectivity index (χ1) is 16.8. The fraction of sp³-hybridized carbons (Fsp3) is 0.480. The van der Waals surface area contributed by atoms with Crippen LogP contribution in [0.1, 0.15) is 59.5 Å². The zero-order chi connectivity index (χ0) is 24.6. The van der Waals surface area contributed by atoms with E-state index < -0.39 is 21.9 Å². The van der Waals surface area contributed by atoms with Crippen molar-refractivity contribution >= 4 is 27.7 Å². The Labute approximate surface area is 210 Å². The van der Waals surface area contributed by atoms with Gasteiger partial charge in [0, 0.05) is 37.3 Å². The van der Waals surface area contributed by atoms with E-state index in [0.717, 1.165) is 56.3 Å². The minimum absolute atomic E-state index is 0.105. The number of carbonyl (C=O) groups is 1. The van der Waals surface area contributed by atoms with Crippen molar-refractivity contribution in [1.29, 1.82) is 0 Å². The molecule has 7 nitrogen and oxygen atoms in total. The molecule has 0 spiro atoms. The normalized spacial score (nSPS) is 21.4. The van der Waals surface area contributed by atoms with Gasteiger partial charge in [-0.15, -0.1) is 0 Å². The predicted molar refractivity (Wildman–Crippen MR) is 131 cm³/mol. The Kier molecular flexibility index (Phi) is 7.03. The van der Waals surface area contributed by atoms with Gasteiger partial charge in [0.05, 0.1) is 5.56 Å². The van der Waals surface area contributed by atoms with E-state index in [1.54, 1.807) is 0 Å². The second kappa shape index (κ2) is 10.0. The Hall–Kier alpha value is -2.20. The predicted octanol–water partition coefficient (Wildman–Crippen LogP) is 4.08. The second-order valence-electron chi connectivity index (χ2n) is 9.58. The number of rotatable bonds is 8. The topological polar surface area (TPSA) is 79.0 Å². The van der Waals surface area contributed by atoms with Gasteiger partial charge in [0.1, 0.15) is 17.7 Å². The summed E-state index contributed by atoms with van der Waals surface area (Å²) in [5.74, 6) is -1.10. The third-order valence-corrected chi connectivity index (χ3v) is 8.51. The summed E-state index contributed by atoms with van der Waals surface area (Å²) >= 11 is 6.12. The molecule has 1 N–H and O–H groups in total. The summed E-state index contributed by atoms with van der Waals surface area (Å²) < 4.78 is 49.0. The number of likely N-dealkylation sites (tertiary alicyclic amines) is 1. The van der Waals surface area contributed by atoms with Crippen LogP contribution in [0.4, 0.5) is 4.39 Å². The number of hydrogen-bond donors (Lipinski definition) is 1. The van der Waals surface area contributed by atoms with Gasteiger partial charge in [-0.1, -0.05) is 23.7 Å². The highest BCUT2D eigenvalue weighted by Gasteiger charge is 2.33. The summed E-state index contributed by atoms with van der Waals surface area (Å²) in [5.41, 5.74) is 1.63. The maximum atomic E-state index is 15.0. The minimum Gasteiger partial charge on any atom is -0.489 e. The third-order valence-electron chi connectivity index (χ3n) is 6.79. The van der Waals surface area contributed by atoms with Crippen LogP contribution < -0.4 is 9.46 Å². The monoisotopic (exact) mass is 521 g/mol. The van der Waals surface area contributed by atoms with Crippen LogP contribution in [0.25, 0.3) is 0 Å². The molecule has 1 atom stereocenters. The SMILES string of the molecule is O=C(NS(=O)(=O)N1CCC1)c1cc(C2CC2)c(O[C@@H]2CCCN(Cc3cccc(Cl)c3)C2)cc1F. The van der Waals surface area contributed by atoms with Gasteiger partial charge in [0.15, 0.2) is 0 Å². The summed E-state index contributed by atoms with van der Waals surface area (Å²) in [6.07, 6.45) is 4.32. The van der Waals surface area contributed by atoms with Crippen LogP contribution in [0.2, 0.25) is 5.02 Å². The van der Waals surface area contributed by atoms with Gasteiger partial charge in [0.2, 0.25) is 0 Å². The first-order valence-corrected chi connectivity index (χ1v) is 13.9. The lowest BCUT2D eigenvalue weighted by Crippen LogP contribution is -2.49. The quantitative estimate of drug-likeness (QED) is 0.566. The van der Waals surface area contributed by atoms with E-state index in [1.165, 1.54) is 16.4 Å². The Morgan fingerprint density at radius 2 is 1.91 bits per heavy atom. The van der Waals surface area contributed by atoms with Crippen LogP contribution in [0.15, 0.2) is 36.4 Å². The molecule has 2 aromatic rings. The average molecular weight is 522 g/mol. The van der Waals surface area contributed by atoms with Crippen molar-refractivity contribution in [3.8, 4) is 5.75 Å². The maximum absolute atomic E-state index is 15.0. The van der Waals surface area contributed by atoms with Crippen molar-refractivity contribution in [2.75, 3.05) is 26.2 Å². The molecule has 1 saturated carbocycles. The molecule has 0 aromatic heterocycles. The minimum atomic E-state index is -3.95. The van der Waals surface area contributed by atoms with Crippen LogP contribution >= 0.6 is 11.6 Å². The fourth-order valence-electron chi connectivity index (χ4n) is 4.65. The summed E-state index contributed by atoms with van der Waals surface area (Å²) in [5, 5.41) is 0.707. The number of amides is 1.